The van der Waals surface area contributed by atoms with Crippen LogP contribution in [0.3, 0.4) is 0 Å². The summed E-state index contributed by atoms with van der Waals surface area (Å²) < 4.78 is 13.2. The first-order chi connectivity index (χ1) is 5.52. The van der Waals surface area contributed by atoms with Gasteiger partial charge in [0.05, 0.1) is 5.56 Å². The van der Waals surface area contributed by atoms with Crippen molar-refractivity contribution in [2.45, 2.75) is 6.92 Å². The lowest BCUT2D eigenvalue weighted by Gasteiger charge is -2.01. The maximum absolute atomic E-state index is 12.8. The quantitative estimate of drug-likeness (QED) is 0.756. The minimum Gasteiger partial charge on any atom is -0.504 e. The molecule has 4 heteroatoms. The van der Waals surface area contributed by atoms with E-state index in [4.69, 9.17) is 5.11 Å². The molecule has 0 amide bonds. The molecule has 0 unspecified atom stereocenters. The second-order valence-corrected chi connectivity index (χ2v) is 3.26. The molecule has 0 atom stereocenters. The largest absolute Gasteiger partial charge is 0.504 e. The van der Waals surface area contributed by atoms with Crippen molar-refractivity contribution in [3.05, 3.63) is 28.0 Å². The average Bonchev–Trinajstić information content (AvgIpc) is 1.96. The Balaban J connectivity index is 3.37. The van der Waals surface area contributed by atoms with Gasteiger partial charge in [0.25, 0.3) is 0 Å². The van der Waals surface area contributed by atoms with Crippen molar-refractivity contribution in [3.63, 3.8) is 0 Å². The van der Waals surface area contributed by atoms with E-state index in [1.807, 2.05) is 0 Å². The number of hydrogen-bond acceptors (Lipinski definition) is 2. The number of phenols is 1. The van der Waals surface area contributed by atoms with Gasteiger partial charge in [0.1, 0.15) is 0 Å². The summed E-state index contributed by atoms with van der Waals surface area (Å²) in [5.74, 6) is -1.76. The van der Waals surface area contributed by atoms with Gasteiger partial charge in [-0.25, -0.2) is 4.39 Å². The standard InChI is InChI=1S/C8H6BrFO2/c1-4(11)6-2-5(9)3-7(10)8(6)12/h2-3,12H,1H3. The first-order valence-electron chi connectivity index (χ1n) is 3.21. The zero-order chi connectivity index (χ0) is 9.30. The molecule has 0 saturated carbocycles. The van der Waals surface area contributed by atoms with E-state index >= 15 is 0 Å². The lowest BCUT2D eigenvalue weighted by molar-refractivity contribution is 0.101. The molecule has 0 saturated heterocycles. The van der Waals surface area contributed by atoms with Crippen LogP contribution in [0.25, 0.3) is 0 Å². The zero-order valence-electron chi connectivity index (χ0n) is 6.27. The molecule has 2 nitrogen and oxygen atoms in total. The summed E-state index contributed by atoms with van der Waals surface area (Å²) in [4.78, 5) is 10.8. The minimum atomic E-state index is -0.797. The Morgan fingerprint density at radius 1 is 1.58 bits per heavy atom. The summed E-state index contributed by atoms with van der Waals surface area (Å²) in [6.45, 7) is 1.26. The third kappa shape index (κ3) is 1.64. The van der Waals surface area contributed by atoms with E-state index in [2.05, 4.69) is 15.9 Å². The Morgan fingerprint density at radius 2 is 2.17 bits per heavy atom. The molecule has 0 fully saturated rings. The number of aromatic hydroxyl groups is 1. The fourth-order valence-corrected chi connectivity index (χ4v) is 1.26. The second kappa shape index (κ2) is 3.23. The summed E-state index contributed by atoms with van der Waals surface area (Å²) in [7, 11) is 0. The number of benzene rings is 1. The van der Waals surface area contributed by atoms with Gasteiger partial charge in [-0.15, -0.1) is 0 Å². The Kier molecular flexibility index (Phi) is 2.47. The molecule has 64 valence electrons. The van der Waals surface area contributed by atoms with Gasteiger partial charge in [-0.05, 0) is 19.1 Å². The summed E-state index contributed by atoms with van der Waals surface area (Å²) in [6.07, 6.45) is 0. The van der Waals surface area contributed by atoms with E-state index < -0.39 is 11.6 Å². The SMILES string of the molecule is CC(=O)c1cc(Br)cc(F)c1O. The van der Waals surface area contributed by atoms with E-state index in [-0.39, 0.29) is 11.3 Å². The van der Waals surface area contributed by atoms with Gasteiger partial charge in [-0.3, -0.25) is 4.79 Å². The Bertz CT molecular complexity index is 336. The molecule has 0 aliphatic carbocycles. The highest BCUT2D eigenvalue weighted by Crippen LogP contribution is 2.25. The van der Waals surface area contributed by atoms with Crippen LogP contribution in [-0.2, 0) is 0 Å². The molecule has 0 spiro atoms. The molecule has 0 aromatic heterocycles. The molecule has 1 rings (SSSR count). The van der Waals surface area contributed by atoms with Crippen LogP contribution in [-0.4, -0.2) is 10.9 Å². The monoisotopic (exact) mass is 232 g/mol. The highest BCUT2D eigenvalue weighted by Gasteiger charge is 2.11. The number of ketones is 1. The maximum Gasteiger partial charge on any atom is 0.166 e. The molecule has 0 radical (unpaired) electrons. The summed E-state index contributed by atoms with van der Waals surface area (Å²) in [6, 6.07) is 2.47. The Morgan fingerprint density at radius 3 is 2.67 bits per heavy atom. The molecule has 0 bridgehead atoms. The van der Waals surface area contributed by atoms with Gasteiger partial charge < -0.3 is 5.11 Å². The van der Waals surface area contributed by atoms with E-state index in [1.165, 1.54) is 13.0 Å². The van der Waals surface area contributed by atoms with Crippen molar-refractivity contribution < 1.29 is 14.3 Å². The topological polar surface area (TPSA) is 37.3 Å². The van der Waals surface area contributed by atoms with Crippen molar-refractivity contribution in [2.75, 3.05) is 0 Å². The van der Waals surface area contributed by atoms with Crippen molar-refractivity contribution in [1.82, 2.24) is 0 Å². The van der Waals surface area contributed by atoms with Crippen molar-refractivity contribution in [2.24, 2.45) is 0 Å². The third-order valence-electron chi connectivity index (χ3n) is 1.41. The van der Waals surface area contributed by atoms with Crippen molar-refractivity contribution in [1.29, 1.82) is 0 Å². The van der Waals surface area contributed by atoms with Crippen LogP contribution in [0.15, 0.2) is 16.6 Å². The Labute approximate surface area is 77.2 Å². The first-order valence-corrected chi connectivity index (χ1v) is 4.00. The van der Waals surface area contributed by atoms with Gasteiger partial charge in [0, 0.05) is 4.47 Å². The normalized spacial score (nSPS) is 9.92. The molecule has 1 aromatic rings. The van der Waals surface area contributed by atoms with Gasteiger partial charge in [0.15, 0.2) is 17.3 Å². The number of rotatable bonds is 1. The van der Waals surface area contributed by atoms with Gasteiger partial charge in [0.2, 0.25) is 0 Å². The zero-order valence-corrected chi connectivity index (χ0v) is 7.85. The van der Waals surface area contributed by atoms with E-state index in [0.717, 1.165) is 6.07 Å². The van der Waals surface area contributed by atoms with Crippen LogP contribution >= 0.6 is 15.9 Å². The van der Waals surface area contributed by atoms with Crippen LogP contribution in [0.2, 0.25) is 0 Å². The molecule has 0 heterocycles. The summed E-state index contributed by atoms with van der Waals surface area (Å²) in [5, 5.41) is 9.08. The molecular formula is C8H6BrFO2. The fraction of sp³-hybridized carbons (Fsp3) is 0.125. The minimum absolute atomic E-state index is 0.0122. The third-order valence-corrected chi connectivity index (χ3v) is 1.87. The number of phenolic OH excluding ortho intramolecular Hbond substituents is 1. The lowest BCUT2D eigenvalue weighted by atomic mass is 10.1. The van der Waals surface area contributed by atoms with Crippen LogP contribution in [0, 0.1) is 5.82 Å². The molecule has 1 N–H and O–H groups in total. The fourth-order valence-electron chi connectivity index (χ4n) is 0.834. The van der Waals surface area contributed by atoms with Crippen molar-refractivity contribution >= 4 is 21.7 Å². The number of carbonyl (C=O) groups excluding carboxylic acids is 1. The number of Topliss-reactive ketones (excluding diaryl/α,β-unsaturated/α-hetero) is 1. The van der Waals surface area contributed by atoms with E-state index in [0.29, 0.717) is 4.47 Å². The summed E-state index contributed by atoms with van der Waals surface area (Å²) >= 11 is 3.01. The summed E-state index contributed by atoms with van der Waals surface area (Å²) in [5.41, 5.74) is -0.0122. The molecule has 0 aliphatic rings. The maximum atomic E-state index is 12.8. The molecule has 1 aromatic carbocycles. The van der Waals surface area contributed by atoms with Gasteiger partial charge in [-0.2, -0.15) is 0 Å². The Hall–Kier alpha value is -0.900. The smallest absolute Gasteiger partial charge is 0.166 e. The van der Waals surface area contributed by atoms with Crippen LogP contribution < -0.4 is 0 Å². The number of carbonyl (C=O) groups is 1. The average molecular weight is 233 g/mol. The highest BCUT2D eigenvalue weighted by molar-refractivity contribution is 9.10. The predicted octanol–water partition coefficient (Wildman–Crippen LogP) is 2.50. The van der Waals surface area contributed by atoms with Crippen LogP contribution in [0.5, 0.6) is 5.75 Å². The molecule has 12 heavy (non-hydrogen) atoms. The molecular weight excluding hydrogens is 227 g/mol. The lowest BCUT2D eigenvalue weighted by Crippen LogP contribution is -1.94. The molecule has 0 aliphatic heterocycles. The van der Waals surface area contributed by atoms with Gasteiger partial charge >= 0.3 is 0 Å². The highest BCUT2D eigenvalue weighted by atomic mass is 79.9. The van der Waals surface area contributed by atoms with Gasteiger partial charge in [-0.1, -0.05) is 15.9 Å². The first kappa shape index (κ1) is 9.19. The van der Waals surface area contributed by atoms with E-state index in [9.17, 15) is 9.18 Å². The van der Waals surface area contributed by atoms with Crippen LogP contribution in [0.1, 0.15) is 17.3 Å². The number of halogens is 2. The van der Waals surface area contributed by atoms with Crippen LogP contribution in [0.4, 0.5) is 4.39 Å². The number of hydrogen-bond donors (Lipinski definition) is 1. The van der Waals surface area contributed by atoms with Crippen molar-refractivity contribution in [3.8, 4) is 5.75 Å². The second-order valence-electron chi connectivity index (χ2n) is 2.34. The predicted molar refractivity (Wildman–Crippen MR) is 45.8 cm³/mol. The van der Waals surface area contributed by atoms with E-state index in [1.54, 1.807) is 0 Å².